The van der Waals surface area contributed by atoms with E-state index in [0.29, 0.717) is 31.3 Å². The topological polar surface area (TPSA) is 41.6 Å². The van der Waals surface area contributed by atoms with Crippen molar-refractivity contribution < 1.29 is 13.9 Å². The van der Waals surface area contributed by atoms with E-state index in [1.165, 1.54) is 12.1 Å². The fraction of sp³-hybridized carbons (Fsp3) is 0.650. The van der Waals surface area contributed by atoms with Crippen LogP contribution in [0.4, 0.5) is 4.39 Å². The van der Waals surface area contributed by atoms with Crippen LogP contribution in [0.5, 0.6) is 0 Å². The zero-order valence-electron chi connectivity index (χ0n) is 15.2. The highest BCUT2D eigenvalue weighted by Crippen LogP contribution is 2.28. The van der Waals surface area contributed by atoms with Crippen LogP contribution in [0.2, 0.25) is 0 Å². The fourth-order valence-electron chi connectivity index (χ4n) is 4.00. The lowest BCUT2D eigenvalue weighted by molar-refractivity contribution is -0.146. The Kier molecular flexibility index (Phi) is 6.07. The van der Waals surface area contributed by atoms with Crippen molar-refractivity contribution in [2.75, 3.05) is 26.2 Å². The molecule has 0 aliphatic carbocycles. The summed E-state index contributed by atoms with van der Waals surface area (Å²) < 4.78 is 19.1. The van der Waals surface area contributed by atoms with Gasteiger partial charge in [-0.3, -0.25) is 4.79 Å². The predicted molar refractivity (Wildman–Crippen MR) is 95.6 cm³/mol. The van der Waals surface area contributed by atoms with Gasteiger partial charge in [0.25, 0.3) is 0 Å². The second-order valence-corrected chi connectivity index (χ2v) is 7.55. The minimum atomic E-state index is -0.253. The molecule has 4 nitrogen and oxygen atoms in total. The van der Waals surface area contributed by atoms with Crippen LogP contribution >= 0.6 is 0 Å². The van der Waals surface area contributed by atoms with Crippen molar-refractivity contribution in [3.05, 3.63) is 35.6 Å². The van der Waals surface area contributed by atoms with Gasteiger partial charge in [-0.25, -0.2) is 4.39 Å². The van der Waals surface area contributed by atoms with Crippen molar-refractivity contribution in [3.8, 4) is 0 Å². The molecule has 2 fully saturated rings. The van der Waals surface area contributed by atoms with Crippen molar-refractivity contribution in [1.29, 1.82) is 0 Å². The van der Waals surface area contributed by atoms with Gasteiger partial charge in [0.2, 0.25) is 5.91 Å². The molecular formula is C20H29FN2O2. The minimum absolute atomic E-state index is 0.0121. The zero-order valence-corrected chi connectivity index (χ0v) is 15.2. The van der Waals surface area contributed by atoms with Crippen LogP contribution in [0.15, 0.2) is 24.3 Å². The lowest BCUT2D eigenvalue weighted by Crippen LogP contribution is -2.46. The highest BCUT2D eigenvalue weighted by Gasteiger charge is 2.31. The molecule has 25 heavy (non-hydrogen) atoms. The van der Waals surface area contributed by atoms with E-state index in [2.05, 4.69) is 12.2 Å². The molecule has 0 bridgehead atoms. The second-order valence-electron chi connectivity index (χ2n) is 7.55. The van der Waals surface area contributed by atoms with Crippen molar-refractivity contribution in [1.82, 2.24) is 10.2 Å². The molecule has 2 aliphatic rings. The normalized spacial score (nSPS) is 26.4. The van der Waals surface area contributed by atoms with E-state index in [-0.39, 0.29) is 23.9 Å². The number of nitrogens with zero attached hydrogens (tertiary/aromatic N) is 1. The summed E-state index contributed by atoms with van der Waals surface area (Å²) in [5.41, 5.74) is 0.928. The zero-order chi connectivity index (χ0) is 17.8. The number of ether oxygens (including phenoxy) is 1. The van der Waals surface area contributed by atoms with Crippen LogP contribution in [0.25, 0.3) is 0 Å². The van der Waals surface area contributed by atoms with Gasteiger partial charge in [0.15, 0.2) is 0 Å². The molecule has 1 N–H and O–H groups in total. The molecule has 2 heterocycles. The van der Waals surface area contributed by atoms with Crippen molar-refractivity contribution >= 4 is 5.91 Å². The molecule has 138 valence electrons. The van der Waals surface area contributed by atoms with Gasteiger partial charge in [0.1, 0.15) is 11.9 Å². The molecule has 1 aromatic rings. The number of rotatable bonds is 4. The van der Waals surface area contributed by atoms with E-state index >= 15 is 0 Å². The first-order valence-corrected chi connectivity index (χ1v) is 9.42. The van der Waals surface area contributed by atoms with E-state index in [1.807, 2.05) is 11.8 Å². The molecule has 2 saturated heterocycles. The molecule has 2 aliphatic heterocycles. The predicted octanol–water partition coefficient (Wildman–Crippen LogP) is 3.14. The first kappa shape index (κ1) is 18.3. The highest BCUT2D eigenvalue weighted by atomic mass is 19.1. The summed E-state index contributed by atoms with van der Waals surface area (Å²) in [4.78, 5) is 14.8. The number of carbonyl (C=O) groups excluding carboxylic acids is 1. The fourth-order valence-corrected chi connectivity index (χ4v) is 4.00. The van der Waals surface area contributed by atoms with E-state index in [1.54, 1.807) is 12.1 Å². The molecule has 3 rings (SSSR count). The second kappa shape index (κ2) is 8.28. The Morgan fingerprint density at radius 2 is 1.96 bits per heavy atom. The number of halogens is 1. The van der Waals surface area contributed by atoms with E-state index in [4.69, 9.17) is 4.74 Å². The summed E-state index contributed by atoms with van der Waals surface area (Å²) in [6, 6.07) is 6.39. The van der Waals surface area contributed by atoms with Gasteiger partial charge >= 0.3 is 0 Å². The van der Waals surface area contributed by atoms with Gasteiger partial charge in [-0.2, -0.15) is 0 Å². The molecule has 0 aromatic heterocycles. The highest BCUT2D eigenvalue weighted by molar-refractivity contribution is 5.76. The van der Waals surface area contributed by atoms with Gasteiger partial charge in [0, 0.05) is 13.0 Å². The summed E-state index contributed by atoms with van der Waals surface area (Å²) in [7, 11) is 0. The summed E-state index contributed by atoms with van der Waals surface area (Å²) in [5.74, 6) is 1.01. The van der Waals surface area contributed by atoms with Crippen molar-refractivity contribution in [2.24, 2.45) is 11.8 Å². The molecule has 3 unspecified atom stereocenters. The number of amides is 1. The van der Waals surface area contributed by atoms with E-state index < -0.39 is 0 Å². The van der Waals surface area contributed by atoms with Gasteiger partial charge in [-0.15, -0.1) is 0 Å². The third-order valence-electron chi connectivity index (χ3n) is 5.54. The number of morpholine rings is 1. The largest absolute Gasteiger partial charge is 0.367 e. The quantitative estimate of drug-likeness (QED) is 0.909. The number of carbonyl (C=O) groups is 1. The third-order valence-corrected chi connectivity index (χ3v) is 5.54. The lowest BCUT2D eigenvalue weighted by atomic mass is 9.84. The van der Waals surface area contributed by atoms with Crippen LogP contribution in [-0.4, -0.2) is 43.1 Å². The Labute approximate surface area is 149 Å². The maximum atomic E-state index is 13.1. The smallest absolute Gasteiger partial charge is 0.223 e. The number of hydrogen-bond acceptors (Lipinski definition) is 3. The average molecular weight is 348 g/mol. The van der Waals surface area contributed by atoms with Gasteiger partial charge in [0.05, 0.1) is 12.6 Å². The Morgan fingerprint density at radius 1 is 1.28 bits per heavy atom. The Morgan fingerprint density at radius 3 is 2.64 bits per heavy atom. The molecule has 1 amide bonds. The van der Waals surface area contributed by atoms with Crippen molar-refractivity contribution in [2.45, 2.75) is 45.3 Å². The van der Waals surface area contributed by atoms with E-state index in [0.717, 1.165) is 31.5 Å². The number of piperidine rings is 1. The molecule has 1 aromatic carbocycles. The summed E-state index contributed by atoms with van der Waals surface area (Å²) in [6.07, 6.45) is 2.73. The standard InChI is InChI=1S/C20H29FN2O2/c1-14(16-7-9-22-10-8-16)11-20(24)23-12-15(2)25-19(13-23)17-3-5-18(21)6-4-17/h3-6,14-16,19,22H,7-13H2,1-2H3. The summed E-state index contributed by atoms with van der Waals surface area (Å²) in [6.45, 7) is 7.50. The number of hydrogen-bond donors (Lipinski definition) is 1. The van der Waals surface area contributed by atoms with Gasteiger partial charge < -0.3 is 15.0 Å². The molecular weight excluding hydrogens is 319 g/mol. The molecule has 0 radical (unpaired) electrons. The molecule has 0 spiro atoms. The summed E-state index contributed by atoms with van der Waals surface area (Å²) >= 11 is 0. The maximum Gasteiger partial charge on any atom is 0.223 e. The Bertz CT molecular complexity index is 572. The first-order chi connectivity index (χ1) is 12.0. The SMILES string of the molecule is CC1CN(C(=O)CC(C)C2CCNCC2)CC(c2ccc(F)cc2)O1. The third kappa shape index (κ3) is 4.79. The number of nitrogens with one attached hydrogen (secondary N) is 1. The first-order valence-electron chi connectivity index (χ1n) is 9.42. The van der Waals surface area contributed by atoms with Crippen LogP contribution in [0, 0.1) is 17.7 Å². The average Bonchev–Trinajstić information content (AvgIpc) is 2.62. The maximum absolute atomic E-state index is 13.1. The van der Waals surface area contributed by atoms with Crippen molar-refractivity contribution in [3.63, 3.8) is 0 Å². The van der Waals surface area contributed by atoms with Crippen LogP contribution in [0.3, 0.4) is 0 Å². The Balaban J connectivity index is 1.60. The van der Waals surface area contributed by atoms with Gasteiger partial charge in [-0.05, 0) is 62.4 Å². The number of benzene rings is 1. The molecule has 0 saturated carbocycles. The lowest BCUT2D eigenvalue weighted by Gasteiger charge is -2.38. The van der Waals surface area contributed by atoms with E-state index in [9.17, 15) is 9.18 Å². The Hall–Kier alpha value is -1.46. The van der Waals surface area contributed by atoms with Crippen LogP contribution in [-0.2, 0) is 9.53 Å². The summed E-state index contributed by atoms with van der Waals surface area (Å²) in [5, 5.41) is 3.38. The van der Waals surface area contributed by atoms with Crippen LogP contribution < -0.4 is 5.32 Å². The van der Waals surface area contributed by atoms with Gasteiger partial charge in [-0.1, -0.05) is 19.1 Å². The molecule has 3 atom stereocenters. The molecule has 5 heteroatoms. The van der Waals surface area contributed by atoms with Crippen LogP contribution in [0.1, 0.15) is 44.8 Å². The monoisotopic (exact) mass is 348 g/mol. The minimum Gasteiger partial charge on any atom is -0.367 e.